The van der Waals surface area contributed by atoms with Gasteiger partial charge in [0, 0.05) is 0 Å². The summed E-state index contributed by atoms with van der Waals surface area (Å²) in [5.74, 6) is 5.43. The molecule has 4 saturated carbocycles. The summed E-state index contributed by atoms with van der Waals surface area (Å²) in [6.45, 7) is 14.1. The number of hydrogen-bond acceptors (Lipinski definition) is 2. The molecule has 0 bridgehead atoms. The third-order valence-electron chi connectivity index (χ3n) is 11.4. The molecular weight excluding hydrogens is 368 g/mol. The molecule has 0 radical (unpaired) electrons. The quantitative estimate of drug-likeness (QED) is 0.513. The molecule has 0 aromatic heterocycles. The Balaban J connectivity index is 1.46. The van der Waals surface area contributed by atoms with Crippen LogP contribution in [-0.4, -0.2) is 21.9 Å². The van der Waals surface area contributed by atoms with Crippen molar-refractivity contribution in [2.45, 2.75) is 124 Å². The van der Waals surface area contributed by atoms with E-state index in [1.807, 2.05) is 0 Å². The summed E-state index contributed by atoms with van der Waals surface area (Å²) in [7, 11) is 0. The van der Waals surface area contributed by atoms with Crippen molar-refractivity contribution in [2.75, 3.05) is 0 Å². The van der Waals surface area contributed by atoms with Gasteiger partial charge in [0.25, 0.3) is 0 Å². The van der Waals surface area contributed by atoms with E-state index in [-0.39, 0.29) is 6.10 Å². The average Bonchev–Trinajstić information content (AvgIpc) is 3.03. The number of aliphatic hydroxyl groups excluding tert-OH is 1. The van der Waals surface area contributed by atoms with Gasteiger partial charge in [-0.05, 0) is 130 Å². The Kier molecular flexibility index (Phi) is 6.20. The van der Waals surface area contributed by atoms with Crippen LogP contribution in [0.2, 0.25) is 0 Å². The van der Waals surface area contributed by atoms with E-state index in [9.17, 15) is 10.2 Å². The maximum atomic E-state index is 10.7. The molecule has 0 amide bonds. The highest BCUT2D eigenvalue weighted by Gasteiger charge is 2.61. The SMILES string of the molecule is CC(C)[C@H](O)CC[C@@H](C)[C@H]1CC[C@H]2[C@@H]3CCC4C[C@@](C)(O)CC[C@]4(C)[C@H]3CC[C@]12C. The molecule has 4 rings (SSSR count). The van der Waals surface area contributed by atoms with Crippen molar-refractivity contribution < 1.29 is 10.2 Å². The van der Waals surface area contributed by atoms with Crippen molar-refractivity contribution in [3.8, 4) is 0 Å². The van der Waals surface area contributed by atoms with E-state index in [0.29, 0.717) is 16.7 Å². The maximum Gasteiger partial charge on any atom is 0.0622 e. The standard InChI is InChI=1S/C28H50O2/c1-18(2)25(29)12-7-19(3)22-10-11-23-21-9-8-20-17-26(4,30)15-16-27(20,5)24(21)13-14-28(22,23)6/h18-25,29-30H,7-17H2,1-6H3/t19-,20?,21+,22-,23+,24+,25-,26+,27+,28-/m1/s1. The lowest BCUT2D eigenvalue weighted by atomic mass is 9.43. The third-order valence-corrected chi connectivity index (χ3v) is 11.4. The molecule has 10 atom stereocenters. The Bertz CT molecular complexity index is 612. The molecule has 0 aliphatic heterocycles. The maximum absolute atomic E-state index is 10.7. The third kappa shape index (κ3) is 3.81. The molecule has 4 aliphatic rings. The predicted octanol–water partition coefficient (Wildman–Crippen LogP) is 6.83. The summed E-state index contributed by atoms with van der Waals surface area (Å²) in [6.07, 6.45) is 13.8. The molecular formula is C28H50O2. The van der Waals surface area contributed by atoms with Gasteiger partial charge in [-0.3, -0.25) is 0 Å². The van der Waals surface area contributed by atoms with Gasteiger partial charge in [-0.2, -0.15) is 0 Å². The molecule has 4 fully saturated rings. The summed E-state index contributed by atoms with van der Waals surface area (Å²) >= 11 is 0. The number of fused-ring (bicyclic) bond motifs is 5. The smallest absolute Gasteiger partial charge is 0.0622 e. The fourth-order valence-electron chi connectivity index (χ4n) is 9.37. The van der Waals surface area contributed by atoms with Crippen molar-refractivity contribution in [3.63, 3.8) is 0 Å². The average molecular weight is 419 g/mol. The van der Waals surface area contributed by atoms with Gasteiger partial charge in [0.15, 0.2) is 0 Å². The first-order chi connectivity index (χ1) is 14.0. The van der Waals surface area contributed by atoms with Gasteiger partial charge in [0.1, 0.15) is 0 Å². The van der Waals surface area contributed by atoms with Crippen molar-refractivity contribution >= 4 is 0 Å². The largest absolute Gasteiger partial charge is 0.393 e. The minimum atomic E-state index is -0.422. The second-order valence-electron chi connectivity index (χ2n) is 13.5. The molecule has 2 nitrogen and oxygen atoms in total. The van der Waals surface area contributed by atoms with Gasteiger partial charge in [-0.15, -0.1) is 0 Å². The molecule has 0 saturated heterocycles. The van der Waals surface area contributed by atoms with Crippen LogP contribution >= 0.6 is 0 Å². The van der Waals surface area contributed by atoms with Crippen LogP contribution in [-0.2, 0) is 0 Å². The van der Waals surface area contributed by atoms with Crippen LogP contribution in [0.1, 0.15) is 112 Å². The highest BCUT2D eigenvalue weighted by Crippen LogP contribution is 2.68. The zero-order valence-electron chi connectivity index (χ0n) is 20.8. The Hall–Kier alpha value is -0.0800. The molecule has 1 unspecified atom stereocenters. The Morgan fingerprint density at radius 2 is 1.50 bits per heavy atom. The van der Waals surface area contributed by atoms with Crippen LogP contribution in [0.4, 0.5) is 0 Å². The van der Waals surface area contributed by atoms with Crippen LogP contribution in [0.15, 0.2) is 0 Å². The first kappa shape index (κ1) is 23.1. The Labute approximate surface area is 186 Å². The van der Waals surface area contributed by atoms with E-state index in [1.54, 1.807) is 0 Å². The Morgan fingerprint density at radius 1 is 0.800 bits per heavy atom. The summed E-state index contributed by atoms with van der Waals surface area (Å²) in [5, 5.41) is 21.0. The molecule has 0 aromatic carbocycles. The highest BCUT2D eigenvalue weighted by molar-refractivity contribution is 5.10. The van der Waals surface area contributed by atoms with E-state index in [1.165, 1.54) is 51.4 Å². The molecule has 2 N–H and O–H groups in total. The molecule has 2 heteroatoms. The van der Waals surface area contributed by atoms with E-state index in [4.69, 9.17) is 0 Å². The fourth-order valence-corrected chi connectivity index (χ4v) is 9.37. The van der Waals surface area contributed by atoms with E-state index >= 15 is 0 Å². The van der Waals surface area contributed by atoms with Gasteiger partial charge < -0.3 is 10.2 Å². The normalized spacial score (nSPS) is 50.5. The van der Waals surface area contributed by atoms with Crippen LogP contribution in [0.25, 0.3) is 0 Å². The van der Waals surface area contributed by atoms with Crippen LogP contribution in [0.3, 0.4) is 0 Å². The molecule has 30 heavy (non-hydrogen) atoms. The first-order valence-electron chi connectivity index (χ1n) is 13.4. The minimum Gasteiger partial charge on any atom is -0.393 e. The van der Waals surface area contributed by atoms with Gasteiger partial charge in [-0.1, -0.05) is 34.6 Å². The first-order valence-corrected chi connectivity index (χ1v) is 13.4. The summed E-state index contributed by atoms with van der Waals surface area (Å²) < 4.78 is 0. The monoisotopic (exact) mass is 418 g/mol. The fraction of sp³-hybridized carbons (Fsp3) is 1.00. The van der Waals surface area contributed by atoms with Crippen LogP contribution < -0.4 is 0 Å². The van der Waals surface area contributed by atoms with Crippen LogP contribution in [0.5, 0.6) is 0 Å². The summed E-state index contributed by atoms with van der Waals surface area (Å²) in [4.78, 5) is 0. The topological polar surface area (TPSA) is 40.5 Å². The lowest BCUT2D eigenvalue weighted by molar-refractivity contribution is -0.148. The Morgan fingerprint density at radius 3 is 2.20 bits per heavy atom. The molecule has 0 heterocycles. The minimum absolute atomic E-state index is 0.132. The molecule has 0 aromatic rings. The number of aliphatic hydroxyl groups is 2. The van der Waals surface area contributed by atoms with E-state index in [2.05, 4.69) is 41.5 Å². The second kappa shape index (κ2) is 8.05. The van der Waals surface area contributed by atoms with Crippen molar-refractivity contribution in [1.29, 1.82) is 0 Å². The summed E-state index contributed by atoms with van der Waals surface area (Å²) in [5.41, 5.74) is 0.568. The number of hydrogen-bond donors (Lipinski definition) is 2. The molecule has 4 aliphatic carbocycles. The lowest BCUT2D eigenvalue weighted by Gasteiger charge is -2.62. The molecule has 174 valence electrons. The van der Waals surface area contributed by atoms with Crippen molar-refractivity contribution in [3.05, 3.63) is 0 Å². The number of rotatable bonds is 5. The van der Waals surface area contributed by atoms with Gasteiger partial charge in [0.05, 0.1) is 11.7 Å². The van der Waals surface area contributed by atoms with E-state index in [0.717, 1.165) is 54.8 Å². The highest BCUT2D eigenvalue weighted by atomic mass is 16.3. The zero-order chi connectivity index (χ0) is 21.9. The van der Waals surface area contributed by atoms with Gasteiger partial charge in [-0.25, -0.2) is 0 Å². The van der Waals surface area contributed by atoms with Crippen molar-refractivity contribution in [1.82, 2.24) is 0 Å². The summed E-state index contributed by atoms with van der Waals surface area (Å²) in [6, 6.07) is 0. The molecule has 0 spiro atoms. The lowest BCUT2D eigenvalue weighted by Crippen LogP contribution is -2.55. The predicted molar refractivity (Wildman–Crippen MR) is 125 cm³/mol. The second-order valence-corrected chi connectivity index (χ2v) is 13.5. The van der Waals surface area contributed by atoms with Crippen LogP contribution in [0, 0.1) is 52.3 Å². The zero-order valence-corrected chi connectivity index (χ0v) is 20.8. The van der Waals surface area contributed by atoms with Gasteiger partial charge in [0.2, 0.25) is 0 Å². The van der Waals surface area contributed by atoms with Gasteiger partial charge >= 0.3 is 0 Å². The van der Waals surface area contributed by atoms with E-state index < -0.39 is 5.60 Å². The van der Waals surface area contributed by atoms with Crippen molar-refractivity contribution in [2.24, 2.45) is 52.3 Å².